The Balaban J connectivity index is 1.74. The maximum Gasteiger partial charge on any atom is 0.254 e. The first-order valence-corrected chi connectivity index (χ1v) is 11.4. The molecule has 2 aliphatic rings. The first-order valence-electron chi connectivity index (χ1n) is 9.88. The summed E-state index contributed by atoms with van der Waals surface area (Å²) in [5.74, 6) is 0.859. The monoisotopic (exact) mass is 378 g/mol. The van der Waals surface area contributed by atoms with Gasteiger partial charge in [0.05, 0.1) is 4.90 Å². The van der Waals surface area contributed by atoms with Gasteiger partial charge in [-0.1, -0.05) is 20.3 Å². The Hall–Kier alpha value is -1.40. The second-order valence-electron chi connectivity index (χ2n) is 7.55. The van der Waals surface area contributed by atoms with Gasteiger partial charge >= 0.3 is 0 Å². The van der Waals surface area contributed by atoms with E-state index in [4.69, 9.17) is 0 Å². The van der Waals surface area contributed by atoms with Crippen molar-refractivity contribution in [2.45, 2.75) is 75.8 Å². The lowest BCUT2D eigenvalue weighted by Crippen LogP contribution is -2.43. The van der Waals surface area contributed by atoms with Crippen LogP contribution in [0.5, 0.6) is 0 Å². The van der Waals surface area contributed by atoms with Gasteiger partial charge in [-0.3, -0.25) is 4.79 Å². The molecule has 0 aliphatic heterocycles. The number of nitrogens with zero attached hydrogens (tertiary/aromatic N) is 1. The summed E-state index contributed by atoms with van der Waals surface area (Å²) in [6.45, 7) is 4.34. The number of hydrogen-bond donors (Lipinski definition) is 1. The fourth-order valence-electron chi connectivity index (χ4n) is 4.01. The number of carbonyl (C=O) groups excluding carboxylic acids is 1. The van der Waals surface area contributed by atoms with Gasteiger partial charge < -0.3 is 4.90 Å². The third-order valence-corrected chi connectivity index (χ3v) is 7.27. The Morgan fingerprint density at radius 2 is 1.54 bits per heavy atom. The predicted molar refractivity (Wildman–Crippen MR) is 103 cm³/mol. The molecule has 2 fully saturated rings. The molecule has 0 unspecified atom stereocenters. The average Bonchev–Trinajstić information content (AvgIpc) is 3.47. The van der Waals surface area contributed by atoms with Gasteiger partial charge in [-0.25, -0.2) is 13.1 Å². The lowest BCUT2D eigenvalue weighted by atomic mass is 9.83. The van der Waals surface area contributed by atoms with Crippen LogP contribution in [-0.2, 0) is 10.0 Å². The second-order valence-corrected chi connectivity index (χ2v) is 9.32. The van der Waals surface area contributed by atoms with Crippen LogP contribution in [0.2, 0.25) is 0 Å². The second kappa shape index (κ2) is 8.09. The van der Waals surface area contributed by atoms with Crippen molar-refractivity contribution in [3.63, 3.8) is 0 Å². The van der Waals surface area contributed by atoms with Crippen LogP contribution in [0.15, 0.2) is 29.2 Å². The highest BCUT2D eigenvalue weighted by atomic mass is 32.2. The SMILES string of the molecule is CCNS(=O)(=O)c1ccc(C(=O)N(C2CCC(CC)CC2)C2CC2)cc1. The summed E-state index contributed by atoms with van der Waals surface area (Å²) in [7, 11) is -3.48. The van der Waals surface area contributed by atoms with Crippen molar-refractivity contribution in [3.05, 3.63) is 29.8 Å². The maximum atomic E-state index is 13.1. The Kier molecular flexibility index (Phi) is 6.03. The number of carbonyl (C=O) groups is 1. The fourth-order valence-corrected chi connectivity index (χ4v) is 5.05. The zero-order valence-electron chi connectivity index (χ0n) is 15.8. The van der Waals surface area contributed by atoms with Gasteiger partial charge in [-0.2, -0.15) is 0 Å². The van der Waals surface area contributed by atoms with Crippen LogP contribution in [0, 0.1) is 5.92 Å². The van der Waals surface area contributed by atoms with Gasteiger partial charge in [-0.05, 0) is 68.7 Å². The lowest BCUT2D eigenvalue weighted by molar-refractivity contribution is 0.0587. The van der Waals surface area contributed by atoms with Gasteiger partial charge in [0.15, 0.2) is 0 Å². The number of hydrogen-bond acceptors (Lipinski definition) is 3. The first-order chi connectivity index (χ1) is 12.5. The van der Waals surface area contributed by atoms with Crippen LogP contribution in [0.3, 0.4) is 0 Å². The number of amides is 1. The van der Waals surface area contributed by atoms with Crippen LogP contribution in [0.4, 0.5) is 0 Å². The molecule has 6 heteroatoms. The zero-order valence-corrected chi connectivity index (χ0v) is 16.6. The van der Waals surface area contributed by atoms with Crippen LogP contribution in [-0.4, -0.2) is 37.9 Å². The van der Waals surface area contributed by atoms with E-state index in [0.717, 1.165) is 31.6 Å². The summed E-state index contributed by atoms with van der Waals surface area (Å²) < 4.78 is 26.6. The van der Waals surface area contributed by atoms with Gasteiger partial charge in [-0.15, -0.1) is 0 Å². The summed E-state index contributed by atoms with van der Waals surface area (Å²) in [6.07, 6.45) is 8.00. The highest BCUT2D eigenvalue weighted by Crippen LogP contribution is 2.37. The number of sulfonamides is 1. The number of benzene rings is 1. The van der Waals surface area contributed by atoms with Crippen LogP contribution < -0.4 is 4.72 Å². The molecule has 3 rings (SSSR count). The fraction of sp³-hybridized carbons (Fsp3) is 0.650. The normalized spacial score (nSPS) is 23.6. The molecule has 1 amide bonds. The summed E-state index contributed by atoms with van der Waals surface area (Å²) in [5.41, 5.74) is 0.588. The van der Waals surface area contributed by atoms with E-state index in [2.05, 4.69) is 16.5 Å². The molecule has 2 saturated carbocycles. The van der Waals surface area contributed by atoms with Crippen molar-refractivity contribution in [3.8, 4) is 0 Å². The Bertz CT molecular complexity index is 718. The summed E-state index contributed by atoms with van der Waals surface area (Å²) >= 11 is 0. The van der Waals surface area contributed by atoms with Crippen LogP contribution >= 0.6 is 0 Å². The van der Waals surface area contributed by atoms with Crippen molar-refractivity contribution in [1.29, 1.82) is 0 Å². The Labute approximate surface area is 157 Å². The minimum Gasteiger partial charge on any atom is -0.333 e. The molecular formula is C20H30N2O3S. The molecule has 1 aromatic carbocycles. The van der Waals surface area contributed by atoms with E-state index in [1.54, 1.807) is 19.1 Å². The first kappa shape index (κ1) is 19.4. The Morgan fingerprint density at radius 1 is 1.00 bits per heavy atom. The van der Waals surface area contributed by atoms with Gasteiger partial charge in [0, 0.05) is 24.2 Å². The van der Waals surface area contributed by atoms with E-state index in [9.17, 15) is 13.2 Å². The molecule has 1 N–H and O–H groups in total. The van der Waals surface area contributed by atoms with Crippen LogP contribution in [0.25, 0.3) is 0 Å². The number of nitrogens with one attached hydrogen (secondary N) is 1. The topological polar surface area (TPSA) is 66.5 Å². The molecule has 1 aromatic rings. The van der Waals surface area contributed by atoms with Crippen molar-refractivity contribution in [2.24, 2.45) is 5.92 Å². The van der Waals surface area contributed by atoms with Crippen LogP contribution in [0.1, 0.15) is 69.2 Å². The van der Waals surface area contributed by atoms with Gasteiger partial charge in [0.25, 0.3) is 5.91 Å². The summed E-state index contributed by atoms with van der Waals surface area (Å²) in [4.78, 5) is 15.4. The van der Waals surface area contributed by atoms with Crippen molar-refractivity contribution < 1.29 is 13.2 Å². The minimum absolute atomic E-state index is 0.0554. The maximum absolute atomic E-state index is 13.1. The molecule has 0 saturated heterocycles. The highest BCUT2D eigenvalue weighted by molar-refractivity contribution is 7.89. The average molecular weight is 379 g/mol. The summed E-state index contributed by atoms with van der Waals surface area (Å²) in [5, 5.41) is 0. The van der Waals surface area contributed by atoms with E-state index in [-0.39, 0.29) is 10.8 Å². The summed E-state index contributed by atoms with van der Waals surface area (Å²) in [6, 6.07) is 7.08. The van der Waals surface area contributed by atoms with E-state index in [1.807, 2.05) is 0 Å². The molecule has 5 nitrogen and oxygen atoms in total. The smallest absolute Gasteiger partial charge is 0.254 e. The van der Waals surface area contributed by atoms with E-state index >= 15 is 0 Å². The van der Waals surface area contributed by atoms with Gasteiger partial charge in [0.2, 0.25) is 10.0 Å². The molecule has 0 spiro atoms. The van der Waals surface area contributed by atoms with Gasteiger partial charge in [0.1, 0.15) is 0 Å². The lowest BCUT2D eigenvalue weighted by Gasteiger charge is -2.37. The largest absolute Gasteiger partial charge is 0.333 e. The quantitative estimate of drug-likeness (QED) is 0.789. The molecule has 144 valence electrons. The standard InChI is InChI=1S/C20H30N2O3S/c1-3-15-5-9-17(10-6-15)22(18-11-12-18)20(23)16-7-13-19(14-8-16)26(24,25)21-4-2/h7-8,13-15,17-18,21H,3-6,9-12H2,1-2H3. The Morgan fingerprint density at radius 3 is 2.00 bits per heavy atom. The number of rotatable bonds is 7. The highest BCUT2D eigenvalue weighted by Gasteiger charge is 2.39. The minimum atomic E-state index is -3.48. The molecule has 0 atom stereocenters. The van der Waals surface area contributed by atoms with E-state index in [1.165, 1.54) is 31.4 Å². The molecule has 0 aromatic heterocycles. The van der Waals surface area contributed by atoms with Crippen molar-refractivity contribution in [2.75, 3.05) is 6.54 Å². The van der Waals surface area contributed by atoms with Crippen molar-refractivity contribution in [1.82, 2.24) is 9.62 Å². The third-order valence-electron chi connectivity index (χ3n) is 5.71. The molecular weight excluding hydrogens is 348 g/mol. The van der Waals surface area contributed by atoms with E-state index < -0.39 is 10.0 Å². The van der Waals surface area contributed by atoms with E-state index in [0.29, 0.717) is 24.2 Å². The molecule has 0 heterocycles. The van der Waals surface area contributed by atoms with Crippen molar-refractivity contribution >= 4 is 15.9 Å². The molecule has 26 heavy (non-hydrogen) atoms. The molecule has 0 radical (unpaired) electrons. The zero-order chi connectivity index (χ0) is 18.7. The third kappa shape index (κ3) is 4.29. The molecule has 0 bridgehead atoms. The predicted octanol–water partition coefficient (Wildman–Crippen LogP) is 3.56. The molecule has 2 aliphatic carbocycles.